The van der Waals surface area contributed by atoms with Gasteiger partial charge in [0.15, 0.2) is 0 Å². The summed E-state index contributed by atoms with van der Waals surface area (Å²) in [6.45, 7) is 17.3. The topological polar surface area (TPSA) is 21.6 Å². The molecule has 0 bridgehead atoms. The monoisotopic (exact) mass is 341 g/mol. The maximum Gasteiger partial charge on any atom is 0.118 e. The summed E-state index contributed by atoms with van der Waals surface area (Å²) in [4.78, 5) is 4.77. The first-order valence-electron chi connectivity index (χ1n) is 9.53. The second-order valence-corrected chi connectivity index (χ2v) is 8.15. The van der Waals surface area contributed by atoms with Gasteiger partial charge in [-0.2, -0.15) is 0 Å². The van der Waals surface area contributed by atoms with E-state index >= 15 is 0 Å². The van der Waals surface area contributed by atoms with E-state index in [0.29, 0.717) is 17.3 Å². The van der Waals surface area contributed by atoms with Crippen molar-refractivity contribution in [2.45, 2.75) is 61.4 Å². The molecular formula is C23H35NO. The fourth-order valence-electron chi connectivity index (χ4n) is 4.65. The van der Waals surface area contributed by atoms with Crippen LogP contribution < -0.4 is 4.74 Å². The van der Waals surface area contributed by atoms with E-state index in [1.54, 1.807) is 18.3 Å². The third-order valence-electron chi connectivity index (χ3n) is 7.52. The van der Waals surface area contributed by atoms with E-state index < -0.39 is 0 Å². The lowest BCUT2D eigenvalue weighted by atomic mass is 9.62. The molecule has 1 aliphatic carbocycles. The van der Waals surface area contributed by atoms with Gasteiger partial charge in [-0.05, 0) is 54.7 Å². The third-order valence-corrected chi connectivity index (χ3v) is 7.52. The average molecular weight is 342 g/mol. The van der Waals surface area contributed by atoms with Gasteiger partial charge in [0.1, 0.15) is 5.75 Å². The number of hydrogen-bond donors (Lipinski definition) is 0. The number of hydrogen-bond acceptors (Lipinski definition) is 2. The molecule has 138 valence electrons. The molecule has 0 N–H and O–H groups in total. The minimum Gasteiger partial charge on any atom is -0.497 e. The average Bonchev–Trinajstić information content (AvgIpc) is 2.76. The van der Waals surface area contributed by atoms with Crippen LogP contribution in [0.25, 0.3) is 0 Å². The maximum atomic E-state index is 5.21. The Hall–Kier alpha value is -1.57. The summed E-state index contributed by atoms with van der Waals surface area (Å²) in [6.07, 6.45) is 3.38. The summed E-state index contributed by atoms with van der Waals surface area (Å²) >= 11 is 0. The molecule has 0 aromatic heterocycles. The summed E-state index contributed by atoms with van der Waals surface area (Å²) in [5.41, 5.74) is 4.85. The van der Waals surface area contributed by atoms with Gasteiger partial charge in [-0.15, -0.1) is 0 Å². The van der Waals surface area contributed by atoms with Gasteiger partial charge in [0.25, 0.3) is 0 Å². The number of benzene rings is 1. The van der Waals surface area contributed by atoms with Gasteiger partial charge >= 0.3 is 0 Å². The summed E-state index contributed by atoms with van der Waals surface area (Å²) in [6, 6.07) is 8.17. The Morgan fingerprint density at radius 1 is 1.16 bits per heavy atom. The van der Waals surface area contributed by atoms with Crippen molar-refractivity contribution in [2.24, 2.45) is 27.7 Å². The molecule has 0 saturated heterocycles. The van der Waals surface area contributed by atoms with Crippen molar-refractivity contribution in [1.82, 2.24) is 0 Å². The zero-order valence-corrected chi connectivity index (χ0v) is 17.3. The Kier molecular flexibility index (Phi) is 5.81. The van der Waals surface area contributed by atoms with E-state index in [0.717, 1.165) is 12.3 Å². The summed E-state index contributed by atoms with van der Waals surface area (Å²) in [7, 11) is 1.69. The smallest absolute Gasteiger partial charge is 0.118 e. The molecule has 2 heteroatoms. The third kappa shape index (κ3) is 3.28. The highest BCUT2D eigenvalue weighted by atomic mass is 16.5. The van der Waals surface area contributed by atoms with Crippen molar-refractivity contribution in [3.8, 4) is 5.75 Å². The van der Waals surface area contributed by atoms with Gasteiger partial charge in [0.05, 0.1) is 13.7 Å². The second-order valence-electron chi connectivity index (χ2n) is 8.15. The maximum absolute atomic E-state index is 5.21. The number of ether oxygens (including phenoxy) is 1. The first-order chi connectivity index (χ1) is 11.7. The fourth-order valence-corrected chi connectivity index (χ4v) is 4.65. The van der Waals surface area contributed by atoms with Crippen LogP contribution in [0.3, 0.4) is 0 Å². The number of rotatable bonds is 6. The van der Waals surface area contributed by atoms with Crippen LogP contribution in [0, 0.1) is 22.7 Å². The fraction of sp³-hybridized carbons (Fsp3) is 0.609. The first kappa shape index (κ1) is 19.8. The molecule has 1 aromatic carbocycles. The molecule has 25 heavy (non-hydrogen) atoms. The van der Waals surface area contributed by atoms with Gasteiger partial charge < -0.3 is 4.74 Å². The molecule has 4 unspecified atom stereocenters. The van der Waals surface area contributed by atoms with Gasteiger partial charge in [0.2, 0.25) is 0 Å². The quantitative estimate of drug-likeness (QED) is 0.439. The SMILES string of the molecule is CCC1(C)C(C)=C(C)C(C)(C(C)C=NCc2ccc(OC)cc2)C1C. The van der Waals surface area contributed by atoms with E-state index in [1.807, 2.05) is 12.1 Å². The van der Waals surface area contributed by atoms with Crippen molar-refractivity contribution in [1.29, 1.82) is 0 Å². The van der Waals surface area contributed by atoms with Crippen LogP contribution in [0.15, 0.2) is 40.4 Å². The number of allylic oxidation sites excluding steroid dienone is 2. The molecule has 2 nitrogen and oxygen atoms in total. The number of aliphatic imine (C=N–C) groups is 1. The second kappa shape index (κ2) is 7.35. The van der Waals surface area contributed by atoms with Crippen LogP contribution in [-0.4, -0.2) is 13.3 Å². The molecule has 0 radical (unpaired) electrons. The molecule has 0 aliphatic heterocycles. The van der Waals surface area contributed by atoms with Crippen LogP contribution in [-0.2, 0) is 6.54 Å². The van der Waals surface area contributed by atoms with E-state index in [4.69, 9.17) is 9.73 Å². The molecule has 4 atom stereocenters. The highest BCUT2D eigenvalue weighted by molar-refractivity contribution is 5.63. The molecule has 0 heterocycles. The number of methoxy groups -OCH3 is 1. The molecule has 1 aromatic rings. The van der Waals surface area contributed by atoms with Crippen molar-refractivity contribution in [3.05, 3.63) is 41.0 Å². The Labute approximate surface area is 154 Å². The predicted molar refractivity (Wildman–Crippen MR) is 108 cm³/mol. The van der Waals surface area contributed by atoms with Crippen molar-refractivity contribution >= 4 is 6.21 Å². The van der Waals surface area contributed by atoms with Gasteiger partial charge in [-0.1, -0.05) is 57.9 Å². The Morgan fingerprint density at radius 3 is 2.24 bits per heavy atom. The predicted octanol–water partition coefficient (Wildman–Crippen LogP) is 6.31. The highest BCUT2D eigenvalue weighted by Gasteiger charge is 2.52. The molecule has 0 spiro atoms. The lowest BCUT2D eigenvalue weighted by Crippen LogP contribution is -2.37. The summed E-state index contributed by atoms with van der Waals surface area (Å²) < 4.78 is 5.21. The van der Waals surface area contributed by atoms with Crippen LogP contribution in [0.5, 0.6) is 5.75 Å². The standard InChI is InChI=1S/C23H35NO/c1-9-22(6)17(3)18(4)23(7,19(22)5)16(2)14-24-15-20-10-12-21(25-8)13-11-20/h10-14,16,19H,9,15H2,1-8H3. The first-order valence-corrected chi connectivity index (χ1v) is 9.53. The van der Waals surface area contributed by atoms with E-state index in [2.05, 4.69) is 66.8 Å². The molecule has 2 rings (SSSR count). The summed E-state index contributed by atoms with van der Waals surface area (Å²) in [5.74, 6) is 1.93. The minimum atomic E-state index is 0.179. The normalized spacial score (nSPS) is 31.0. The van der Waals surface area contributed by atoms with Crippen LogP contribution >= 0.6 is 0 Å². The van der Waals surface area contributed by atoms with E-state index in [-0.39, 0.29) is 5.41 Å². The Balaban J connectivity index is 2.15. The minimum absolute atomic E-state index is 0.179. The molecular weight excluding hydrogens is 306 g/mol. The Morgan fingerprint density at radius 2 is 1.76 bits per heavy atom. The molecule has 0 fully saturated rings. The molecule has 0 saturated carbocycles. The highest BCUT2D eigenvalue weighted by Crippen LogP contribution is 2.61. The van der Waals surface area contributed by atoms with Crippen LogP contribution in [0.1, 0.15) is 60.5 Å². The van der Waals surface area contributed by atoms with E-state index in [9.17, 15) is 0 Å². The van der Waals surface area contributed by atoms with Crippen LogP contribution in [0.2, 0.25) is 0 Å². The van der Waals surface area contributed by atoms with E-state index in [1.165, 1.54) is 12.0 Å². The van der Waals surface area contributed by atoms with Crippen LogP contribution in [0.4, 0.5) is 0 Å². The Bertz CT molecular complexity index is 657. The van der Waals surface area contributed by atoms with Gasteiger partial charge in [-0.3, -0.25) is 4.99 Å². The largest absolute Gasteiger partial charge is 0.497 e. The zero-order valence-electron chi connectivity index (χ0n) is 17.3. The van der Waals surface area contributed by atoms with Crippen molar-refractivity contribution in [2.75, 3.05) is 7.11 Å². The lowest BCUT2D eigenvalue weighted by molar-refractivity contribution is 0.126. The lowest BCUT2D eigenvalue weighted by Gasteiger charge is -2.42. The molecule has 0 amide bonds. The number of nitrogens with zero attached hydrogens (tertiary/aromatic N) is 1. The van der Waals surface area contributed by atoms with Crippen molar-refractivity contribution in [3.63, 3.8) is 0 Å². The van der Waals surface area contributed by atoms with Gasteiger partial charge in [0, 0.05) is 12.1 Å². The summed E-state index contributed by atoms with van der Waals surface area (Å²) in [5, 5.41) is 0. The zero-order chi connectivity index (χ0) is 18.8. The molecule has 1 aliphatic rings. The van der Waals surface area contributed by atoms with Crippen molar-refractivity contribution < 1.29 is 4.74 Å². The van der Waals surface area contributed by atoms with Gasteiger partial charge in [-0.25, -0.2) is 0 Å².